The quantitative estimate of drug-likeness (QED) is 0.517. The zero-order chi connectivity index (χ0) is 15.5. The Balaban J connectivity index is 2.12. The fourth-order valence-electron chi connectivity index (χ4n) is 1.65. The lowest BCUT2D eigenvalue weighted by molar-refractivity contribution is -0.150. The van der Waals surface area contributed by atoms with Crippen molar-refractivity contribution in [1.29, 1.82) is 0 Å². The SMILES string of the molecule is CCCCOC(=O)CCC(=O)OCCc1cccc(Cl)c1. The van der Waals surface area contributed by atoms with Crippen LogP contribution in [0.4, 0.5) is 0 Å². The maximum Gasteiger partial charge on any atom is 0.306 e. The second kappa shape index (κ2) is 10.2. The highest BCUT2D eigenvalue weighted by Crippen LogP contribution is 2.11. The lowest BCUT2D eigenvalue weighted by Gasteiger charge is -2.06. The van der Waals surface area contributed by atoms with Gasteiger partial charge in [0.25, 0.3) is 0 Å². The molecule has 21 heavy (non-hydrogen) atoms. The summed E-state index contributed by atoms with van der Waals surface area (Å²) in [5.74, 6) is -0.736. The summed E-state index contributed by atoms with van der Waals surface area (Å²) in [6.45, 7) is 2.72. The van der Waals surface area contributed by atoms with E-state index in [0.29, 0.717) is 18.1 Å². The second-order valence-corrected chi connectivity index (χ2v) is 5.11. The van der Waals surface area contributed by atoms with E-state index in [1.54, 1.807) is 6.07 Å². The molecule has 116 valence electrons. The topological polar surface area (TPSA) is 52.6 Å². The van der Waals surface area contributed by atoms with E-state index in [4.69, 9.17) is 21.1 Å². The van der Waals surface area contributed by atoms with Crippen molar-refractivity contribution in [1.82, 2.24) is 0 Å². The van der Waals surface area contributed by atoms with Gasteiger partial charge in [-0.15, -0.1) is 0 Å². The Hall–Kier alpha value is -1.55. The normalized spacial score (nSPS) is 10.2. The van der Waals surface area contributed by atoms with Crippen LogP contribution < -0.4 is 0 Å². The molecule has 0 N–H and O–H groups in total. The summed E-state index contributed by atoms with van der Waals surface area (Å²) >= 11 is 5.86. The maximum absolute atomic E-state index is 11.5. The highest BCUT2D eigenvalue weighted by Gasteiger charge is 2.09. The largest absolute Gasteiger partial charge is 0.466 e. The number of carbonyl (C=O) groups is 2. The van der Waals surface area contributed by atoms with E-state index in [9.17, 15) is 9.59 Å². The summed E-state index contributed by atoms with van der Waals surface area (Å²) in [4.78, 5) is 22.8. The van der Waals surface area contributed by atoms with Gasteiger partial charge in [-0.1, -0.05) is 37.1 Å². The van der Waals surface area contributed by atoms with Crippen molar-refractivity contribution in [3.05, 3.63) is 34.9 Å². The molecule has 0 bridgehead atoms. The molecule has 0 unspecified atom stereocenters. The average Bonchev–Trinajstić information content (AvgIpc) is 2.45. The first kappa shape index (κ1) is 17.5. The van der Waals surface area contributed by atoms with Gasteiger partial charge >= 0.3 is 11.9 Å². The zero-order valence-corrected chi connectivity index (χ0v) is 13.0. The molecule has 0 aliphatic carbocycles. The molecule has 5 heteroatoms. The number of carbonyl (C=O) groups excluding carboxylic acids is 2. The van der Waals surface area contributed by atoms with Crippen molar-refractivity contribution < 1.29 is 19.1 Å². The van der Waals surface area contributed by atoms with E-state index in [0.717, 1.165) is 18.4 Å². The van der Waals surface area contributed by atoms with Gasteiger partial charge in [0.05, 0.1) is 26.1 Å². The van der Waals surface area contributed by atoms with Crippen LogP contribution in [-0.2, 0) is 25.5 Å². The fraction of sp³-hybridized carbons (Fsp3) is 0.500. The Kier molecular flexibility index (Phi) is 8.51. The van der Waals surface area contributed by atoms with Crippen LogP contribution >= 0.6 is 11.6 Å². The van der Waals surface area contributed by atoms with E-state index in [1.165, 1.54) is 0 Å². The first-order valence-electron chi connectivity index (χ1n) is 7.17. The third-order valence-electron chi connectivity index (χ3n) is 2.84. The van der Waals surface area contributed by atoms with Crippen LogP contribution in [0.2, 0.25) is 5.02 Å². The predicted octanol–water partition coefficient (Wildman–Crippen LogP) is 3.55. The van der Waals surface area contributed by atoms with Gasteiger partial charge in [-0.25, -0.2) is 0 Å². The van der Waals surface area contributed by atoms with Gasteiger partial charge in [0, 0.05) is 11.4 Å². The van der Waals surface area contributed by atoms with Crippen LogP contribution in [0.5, 0.6) is 0 Å². The van der Waals surface area contributed by atoms with E-state index in [1.807, 2.05) is 25.1 Å². The van der Waals surface area contributed by atoms with E-state index in [-0.39, 0.29) is 31.4 Å². The van der Waals surface area contributed by atoms with Crippen LogP contribution in [-0.4, -0.2) is 25.2 Å². The minimum atomic E-state index is -0.385. The molecule has 0 heterocycles. The second-order valence-electron chi connectivity index (χ2n) is 4.67. The summed E-state index contributed by atoms with van der Waals surface area (Å²) in [5, 5.41) is 0.661. The molecule has 1 rings (SSSR count). The molecule has 0 fully saturated rings. The first-order chi connectivity index (χ1) is 10.1. The monoisotopic (exact) mass is 312 g/mol. The molecule has 0 saturated heterocycles. The van der Waals surface area contributed by atoms with Crippen molar-refractivity contribution in [2.45, 2.75) is 39.0 Å². The van der Waals surface area contributed by atoms with E-state index >= 15 is 0 Å². The summed E-state index contributed by atoms with van der Waals surface area (Å²) < 4.78 is 10.0. The van der Waals surface area contributed by atoms with Crippen molar-refractivity contribution >= 4 is 23.5 Å². The third-order valence-corrected chi connectivity index (χ3v) is 3.07. The molecule has 1 aromatic rings. The summed E-state index contributed by atoms with van der Waals surface area (Å²) in [5.41, 5.74) is 1.01. The lowest BCUT2D eigenvalue weighted by Crippen LogP contribution is -2.12. The van der Waals surface area contributed by atoms with Crippen molar-refractivity contribution in [3.63, 3.8) is 0 Å². The Labute approximate surface area is 130 Å². The molecule has 0 spiro atoms. The number of unbranched alkanes of at least 4 members (excludes halogenated alkanes) is 1. The summed E-state index contributed by atoms with van der Waals surface area (Å²) in [6.07, 6.45) is 2.54. The fourth-order valence-corrected chi connectivity index (χ4v) is 1.87. The average molecular weight is 313 g/mol. The molecule has 0 atom stereocenters. The molecular formula is C16H21ClO4. The summed E-state index contributed by atoms with van der Waals surface area (Å²) in [7, 11) is 0. The number of benzene rings is 1. The Morgan fingerprint density at radius 3 is 2.38 bits per heavy atom. The van der Waals surface area contributed by atoms with Gasteiger partial charge in [-0.05, 0) is 24.1 Å². The number of halogens is 1. The lowest BCUT2D eigenvalue weighted by atomic mass is 10.2. The Bertz CT molecular complexity index is 459. The Morgan fingerprint density at radius 1 is 1.10 bits per heavy atom. The number of rotatable bonds is 9. The van der Waals surface area contributed by atoms with Crippen LogP contribution in [0.3, 0.4) is 0 Å². The minimum absolute atomic E-state index is 0.0561. The maximum atomic E-state index is 11.5. The van der Waals surface area contributed by atoms with Gasteiger partial charge < -0.3 is 9.47 Å². The number of hydrogen-bond acceptors (Lipinski definition) is 4. The van der Waals surface area contributed by atoms with Crippen LogP contribution in [0.1, 0.15) is 38.2 Å². The highest BCUT2D eigenvalue weighted by molar-refractivity contribution is 6.30. The number of ether oxygens (including phenoxy) is 2. The molecule has 0 saturated carbocycles. The highest BCUT2D eigenvalue weighted by atomic mass is 35.5. The molecule has 1 aromatic carbocycles. The van der Waals surface area contributed by atoms with Crippen LogP contribution in [0, 0.1) is 0 Å². The van der Waals surface area contributed by atoms with Crippen molar-refractivity contribution in [2.75, 3.05) is 13.2 Å². The number of esters is 2. The standard InChI is InChI=1S/C16H21ClO4/c1-2-3-10-20-15(18)7-8-16(19)21-11-9-13-5-4-6-14(17)12-13/h4-6,12H,2-3,7-11H2,1H3. The van der Waals surface area contributed by atoms with Crippen molar-refractivity contribution in [3.8, 4) is 0 Å². The first-order valence-corrected chi connectivity index (χ1v) is 7.55. The van der Waals surface area contributed by atoms with E-state index < -0.39 is 0 Å². The summed E-state index contributed by atoms with van der Waals surface area (Å²) in [6, 6.07) is 7.40. The third kappa shape index (κ3) is 8.35. The molecule has 0 aliphatic rings. The van der Waals surface area contributed by atoms with Gasteiger partial charge in [0.2, 0.25) is 0 Å². The molecule has 0 radical (unpaired) electrons. The predicted molar refractivity (Wildman–Crippen MR) is 81.2 cm³/mol. The molecule has 0 aliphatic heterocycles. The van der Waals surface area contributed by atoms with Gasteiger partial charge in [-0.2, -0.15) is 0 Å². The van der Waals surface area contributed by atoms with Gasteiger partial charge in [0.1, 0.15) is 0 Å². The molecule has 0 aromatic heterocycles. The molecular weight excluding hydrogens is 292 g/mol. The van der Waals surface area contributed by atoms with Gasteiger partial charge in [-0.3, -0.25) is 9.59 Å². The minimum Gasteiger partial charge on any atom is -0.466 e. The Morgan fingerprint density at radius 2 is 1.76 bits per heavy atom. The van der Waals surface area contributed by atoms with Crippen LogP contribution in [0.15, 0.2) is 24.3 Å². The van der Waals surface area contributed by atoms with Crippen molar-refractivity contribution in [2.24, 2.45) is 0 Å². The molecule has 0 amide bonds. The van der Waals surface area contributed by atoms with Crippen LogP contribution in [0.25, 0.3) is 0 Å². The van der Waals surface area contributed by atoms with Gasteiger partial charge in [0.15, 0.2) is 0 Å². The smallest absolute Gasteiger partial charge is 0.306 e. The van der Waals surface area contributed by atoms with E-state index in [2.05, 4.69) is 0 Å². The molecule has 4 nitrogen and oxygen atoms in total. The zero-order valence-electron chi connectivity index (χ0n) is 12.3. The number of hydrogen-bond donors (Lipinski definition) is 0.